The molecule has 1 rings (SSSR count). The Morgan fingerprint density at radius 2 is 2.27 bits per heavy atom. The molecule has 1 aliphatic rings. The van der Waals surface area contributed by atoms with Crippen molar-refractivity contribution in [3.05, 3.63) is 12.2 Å². The van der Waals surface area contributed by atoms with Gasteiger partial charge in [0, 0.05) is 6.61 Å². The zero-order chi connectivity index (χ0) is 10.9. The maximum atomic E-state index is 5.55. The van der Waals surface area contributed by atoms with Gasteiger partial charge in [0.2, 0.25) is 0 Å². The highest BCUT2D eigenvalue weighted by molar-refractivity contribution is 4.86. The molecule has 0 aromatic carbocycles. The van der Waals surface area contributed by atoms with Crippen LogP contribution in [0.15, 0.2) is 12.2 Å². The second-order valence-electron chi connectivity index (χ2n) is 4.73. The monoisotopic (exact) mass is 211 g/mol. The molecule has 0 aliphatic carbocycles. The fourth-order valence-electron chi connectivity index (χ4n) is 1.77. The van der Waals surface area contributed by atoms with Crippen LogP contribution in [0, 0.1) is 5.92 Å². The predicted molar refractivity (Wildman–Crippen MR) is 65.1 cm³/mol. The predicted octanol–water partition coefficient (Wildman–Crippen LogP) is 2.75. The van der Waals surface area contributed by atoms with Crippen molar-refractivity contribution in [3.8, 4) is 0 Å². The molecule has 1 heterocycles. The van der Waals surface area contributed by atoms with Gasteiger partial charge in [-0.1, -0.05) is 26.0 Å². The van der Waals surface area contributed by atoms with Gasteiger partial charge >= 0.3 is 0 Å². The van der Waals surface area contributed by atoms with Crippen LogP contribution in [-0.4, -0.2) is 25.8 Å². The second kappa shape index (κ2) is 7.89. The summed E-state index contributed by atoms with van der Waals surface area (Å²) in [5.74, 6) is 0.751. The topological polar surface area (TPSA) is 21.3 Å². The van der Waals surface area contributed by atoms with Crippen molar-refractivity contribution >= 4 is 0 Å². The summed E-state index contributed by atoms with van der Waals surface area (Å²) >= 11 is 0. The molecule has 2 heteroatoms. The molecule has 0 radical (unpaired) electrons. The minimum atomic E-state index is 0.505. The summed E-state index contributed by atoms with van der Waals surface area (Å²) in [5, 5.41) is 3.43. The number of hydrogen-bond acceptors (Lipinski definition) is 2. The molecule has 0 amide bonds. The third kappa shape index (κ3) is 6.69. The molecule has 0 spiro atoms. The van der Waals surface area contributed by atoms with Gasteiger partial charge in [-0.05, 0) is 44.7 Å². The molecule has 0 saturated carbocycles. The largest absolute Gasteiger partial charge is 0.378 e. The first kappa shape index (κ1) is 12.7. The van der Waals surface area contributed by atoms with Gasteiger partial charge in [-0.2, -0.15) is 0 Å². The molecule has 2 nitrogen and oxygen atoms in total. The fraction of sp³-hybridized carbons (Fsp3) is 0.846. The third-order valence-electron chi connectivity index (χ3n) is 2.63. The van der Waals surface area contributed by atoms with Crippen LogP contribution in [0.1, 0.15) is 39.5 Å². The highest BCUT2D eigenvalue weighted by Gasteiger charge is 2.12. The van der Waals surface area contributed by atoms with E-state index in [1.165, 1.54) is 12.8 Å². The molecular formula is C13H25NO. The first-order chi connectivity index (χ1) is 7.29. The number of nitrogens with one attached hydrogen (secondary N) is 1. The summed E-state index contributed by atoms with van der Waals surface area (Å²) in [6.07, 6.45) is 9.78. The van der Waals surface area contributed by atoms with Gasteiger partial charge in [0.15, 0.2) is 0 Å². The van der Waals surface area contributed by atoms with Crippen molar-refractivity contribution in [2.24, 2.45) is 5.92 Å². The van der Waals surface area contributed by atoms with Crippen molar-refractivity contribution in [1.82, 2.24) is 5.32 Å². The average molecular weight is 211 g/mol. The number of ether oxygens (including phenoxy) is 1. The molecule has 1 aliphatic heterocycles. The van der Waals surface area contributed by atoms with Gasteiger partial charge < -0.3 is 10.1 Å². The lowest BCUT2D eigenvalue weighted by Crippen LogP contribution is -2.20. The second-order valence-corrected chi connectivity index (χ2v) is 4.73. The van der Waals surface area contributed by atoms with Crippen LogP contribution in [0.25, 0.3) is 0 Å². The summed E-state index contributed by atoms with van der Waals surface area (Å²) in [6.45, 7) is 7.66. The minimum absolute atomic E-state index is 0.505. The molecule has 1 atom stereocenters. The highest BCUT2D eigenvalue weighted by Crippen LogP contribution is 2.15. The van der Waals surface area contributed by atoms with Crippen molar-refractivity contribution < 1.29 is 4.74 Å². The van der Waals surface area contributed by atoms with Crippen LogP contribution < -0.4 is 5.32 Å². The van der Waals surface area contributed by atoms with E-state index in [-0.39, 0.29) is 0 Å². The Kier molecular flexibility index (Phi) is 6.69. The van der Waals surface area contributed by atoms with Crippen molar-refractivity contribution in [3.63, 3.8) is 0 Å². The molecule has 0 bridgehead atoms. The van der Waals surface area contributed by atoms with E-state index < -0.39 is 0 Å². The molecule has 1 N–H and O–H groups in total. The van der Waals surface area contributed by atoms with E-state index in [0.29, 0.717) is 6.10 Å². The highest BCUT2D eigenvalue weighted by atomic mass is 16.5. The lowest BCUT2D eigenvalue weighted by Gasteiger charge is -2.06. The lowest BCUT2D eigenvalue weighted by atomic mass is 10.1. The standard InChI is InChI=1S/C13H25NO/c1-12(2)11-14-9-5-3-4-7-13-8-6-10-15-13/h3-4,12-14H,5-11H2,1-2H3. The van der Waals surface area contributed by atoms with E-state index in [9.17, 15) is 0 Å². The molecule has 15 heavy (non-hydrogen) atoms. The van der Waals surface area contributed by atoms with Crippen LogP contribution in [-0.2, 0) is 4.74 Å². The third-order valence-corrected chi connectivity index (χ3v) is 2.63. The SMILES string of the molecule is CC(C)CNCCC=CCC1CCCO1. The minimum Gasteiger partial charge on any atom is -0.378 e. The molecule has 1 saturated heterocycles. The van der Waals surface area contributed by atoms with Gasteiger partial charge in [0.25, 0.3) is 0 Å². The maximum Gasteiger partial charge on any atom is 0.0610 e. The van der Waals surface area contributed by atoms with Crippen LogP contribution >= 0.6 is 0 Å². The summed E-state index contributed by atoms with van der Waals surface area (Å²) in [7, 11) is 0. The van der Waals surface area contributed by atoms with Gasteiger partial charge in [0.05, 0.1) is 6.10 Å². The van der Waals surface area contributed by atoms with Gasteiger partial charge in [-0.15, -0.1) is 0 Å². The van der Waals surface area contributed by atoms with E-state index in [1.807, 2.05) is 0 Å². The van der Waals surface area contributed by atoms with E-state index in [0.717, 1.165) is 38.5 Å². The van der Waals surface area contributed by atoms with Crippen molar-refractivity contribution in [2.45, 2.75) is 45.6 Å². The van der Waals surface area contributed by atoms with Crippen LogP contribution in [0.3, 0.4) is 0 Å². The van der Waals surface area contributed by atoms with Crippen LogP contribution in [0.5, 0.6) is 0 Å². The van der Waals surface area contributed by atoms with Crippen molar-refractivity contribution in [2.75, 3.05) is 19.7 Å². The van der Waals surface area contributed by atoms with E-state index in [2.05, 4.69) is 31.3 Å². The lowest BCUT2D eigenvalue weighted by molar-refractivity contribution is 0.113. The summed E-state index contributed by atoms with van der Waals surface area (Å²) in [4.78, 5) is 0. The number of rotatable bonds is 7. The average Bonchev–Trinajstić information content (AvgIpc) is 2.68. The molecule has 0 aromatic heterocycles. The first-order valence-corrected chi connectivity index (χ1v) is 6.26. The smallest absolute Gasteiger partial charge is 0.0610 e. The normalized spacial score (nSPS) is 21.9. The Morgan fingerprint density at radius 3 is 2.93 bits per heavy atom. The quantitative estimate of drug-likeness (QED) is 0.516. The van der Waals surface area contributed by atoms with Gasteiger partial charge in [-0.3, -0.25) is 0 Å². The number of hydrogen-bond donors (Lipinski definition) is 1. The van der Waals surface area contributed by atoms with E-state index >= 15 is 0 Å². The Labute approximate surface area is 94.1 Å². The molecule has 88 valence electrons. The Bertz CT molecular complexity index is 171. The summed E-state index contributed by atoms with van der Waals surface area (Å²) in [5.41, 5.74) is 0. The summed E-state index contributed by atoms with van der Waals surface area (Å²) in [6, 6.07) is 0. The van der Waals surface area contributed by atoms with Gasteiger partial charge in [-0.25, -0.2) is 0 Å². The first-order valence-electron chi connectivity index (χ1n) is 6.26. The maximum absolute atomic E-state index is 5.55. The van der Waals surface area contributed by atoms with E-state index in [1.54, 1.807) is 0 Å². The van der Waals surface area contributed by atoms with Crippen LogP contribution in [0.4, 0.5) is 0 Å². The molecule has 0 aromatic rings. The Balaban J connectivity index is 1.88. The summed E-state index contributed by atoms with van der Waals surface area (Å²) < 4.78 is 5.55. The zero-order valence-electron chi connectivity index (χ0n) is 10.2. The zero-order valence-corrected chi connectivity index (χ0v) is 10.2. The Hall–Kier alpha value is -0.340. The molecule has 1 unspecified atom stereocenters. The van der Waals surface area contributed by atoms with Crippen molar-refractivity contribution in [1.29, 1.82) is 0 Å². The van der Waals surface area contributed by atoms with E-state index in [4.69, 9.17) is 4.74 Å². The Morgan fingerprint density at radius 1 is 1.40 bits per heavy atom. The fourth-order valence-corrected chi connectivity index (χ4v) is 1.77. The molecule has 1 fully saturated rings. The van der Waals surface area contributed by atoms with Gasteiger partial charge in [0.1, 0.15) is 0 Å². The van der Waals surface area contributed by atoms with Crippen LogP contribution in [0.2, 0.25) is 0 Å². The molecular weight excluding hydrogens is 186 g/mol.